The van der Waals surface area contributed by atoms with Crippen LogP contribution in [0, 0.1) is 10.1 Å². The van der Waals surface area contributed by atoms with Crippen LogP contribution in [-0.4, -0.2) is 36.5 Å². The van der Waals surface area contributed by atoms with Gasteiger partial charge in [-0.25, -0.2) is 9.67 Å². The Bertz CT molecular complexity index is 718. The molecule has 0 saturated heterocycles. The number of nitro groups is 1. The van der Waals surface area contributed by atoms with Crippen molar-refractivity contribution in [2.24, 2.45) is 7.05 Å². The predicted molar refractivity (Wildman–Crippen MR) is 79.2 cm³/mol. The molecular weight excluding hydrogens is 364 g/mol. The van der Waals surface area contributed by atoms with Gasteiger partial charge in [0.05, 0.1) is 10.7 Å². The van der Waals surface area contributed by atoms with Gasteiger partial charge in [-0.05, 0) is 6.07 Å². The van der Waals surface area contributed by atoms with Gasteiger partial charge in [0.2, 0.25) is 0 Å². The first-order chi connectivity index (χ1) is 9.86. The summed E-state index contributed by atoms with van der Waals surface area (Å²) in [5.41, 5.74) is 0.403. The van der Waals surface area contributed by atoms with Gasteiger partial charge < -0.3 is 5.11 Å². The number of halogens is 1. The molecule has 0 fully saturated rings. The van der Waals surface area contributed by atoms with Gasteiger partial charge in [-0.15, -0.1) is 0 Å². The molecular formula is C11H9BrN4O4S. The molecule has 2 aromatic rings. The summed E-state index contributed by atoms with van der Waals surface area (Å²) in [6, 6.07) is 4.41. The second-order valence-corrected chi connectivity index (χ2v) is 5.84. The highest BCUT2D eigenvalue weighted by molar-refractivity contribution is 9.10. The zero-order valence-electron chi connectivity index (χ0n) is 10.7. The Morgan fingerprint density at radius 3 is 2.86 bits per heavy atom. The van der Waals surface area contributed by atoms with Crippen LogP contribution in [0.2, 0.25) is 0 Å². The first-order valence-electron chi connectivity index (χ1n) is 5.58. The highest BCUT2D eigenvalue weighted by Crippen LogP contribution is 2.28. The fourth-order valence-corrected chi connectivity index (χ4v) is 2.67. The summed E-state index contributed by atoms with van der Waals surface area (Å²) >= 11 is 4.23. The Balaban J connectivity index is 2.36. The number of nitro benzene ring substituents is 1. The third-order valence-corrected chi connectivity index (χ3v) is 3.86. The molecule has 0 aliphatic rings. The molecule has 110 valence electrons. The van der Waals surface area contributed by atoms with Crippen LogP contribution in [0.3, 0.4) is 0 Å². The lowest BCUT2D eigenvalue weighted by atomic mass is 10.2. The van der Waals surface area contributed by atoms with Crippen LogP contribution in [0.15, 0.2) is 27.8 Å². The van der Waals surface area contributed by atoms with Crippen LogP contribution in [0.1, 0.15) is 0 Å². The molecule has 8 nitrogen and oxygen atoms in total. The van der Waals surface area contributed by atoms with Gasteiger partial charge in [0, 0.05) is 29.2 Å². The van der Waals surface area contributed by atoms with Gasteiger partial charge in [0.1, 0.15) is 0 Å². The number of non-ortho nitro benzene ring substituents is 1. The number of carbonyl (C=O) groups is 1. The normalized spacial score (nSPS) is 10.6. The van der Waals surface area contributed by atoms with E-state index < -0.39 is 10.9 Å². The second-order valence-electron chi connectivity index (χ2n) is 3.98. The summed E-state index contributed by atoms with van der Waals surface area (Å²) in [5, 5.41) is 24.1. The van der Waals surface area contributed by atoms with E-state index in [1.807, 2.05) is 0 Å². The highest BCUT2D eigenvalue weighted by Gasteiger charge is 2.15. The van der Waals surface area contributed by atoms with E-state index in [0.29, 0.717) is 21.0 Å². The quantitative estimate of drug-likeness (QED) is 0.486. The predicted octanol–water partition coefficient (Wildman–Crippen LogP) is 2.33. The van der Waals surface area contributed by atoms with Gasteiger partial charge in [-0.1, -0.05) is 27.7 Å². The summed E-state index contributed by atoms with van der Waals surface area (Å²) in [7, 11) is 1.63. The van der Waals surface area contributed by atoms with E-state index in [9.17, 15) is 14.9 Å². The monoisotopic (exact) mass is 372 g/mol. The minimum Gasteiger partial charge on any atom is -0.481 e. The van der Waals surface area contributed by atoms with Crippen molar-refractivity contribution >= 4 is 39.3 Å². The molecule has 0 unspecified atom stereocenters. The highest BCUT2D eigenvalue weighted by atomic mass is 79.9. The van der Waals surface area contributed by atoms with Crippen LogP contribution in [0.5, 0.6) is 0 Å². The molecule has 0 aliphatic heterocycles. The zero-order valence-corrected chi connectivity index (χ0v) is 13.1. The van der Waals surface area contributed by atoms with Gasteiger partial charge in [-0.2, -0.15) is 5.10 Å². The van der Waals surface area contributed by atoms with Crippen LogP contribution in [0.25, 0.3) is 11.4 Å². The molecule has 0 aliphatic carbocycles. The first-order valence-corrected chi connectivity index (χ1v) is 7.35. The standard InChI is InChI=1S/C11H9BrN4O4S/c1-15-11(21-5-9(17)18)13-10(14-15)6-2-7(12)4-8(3-6)16(19)20/h2-4H,5H2,1H3,(H,17,18). The van der Waals surface area contributed by atoms with Crippen LogP contribution in [-0.2, 0) is 11.8 Å². The van der Waals surface area contributed by atoms with E-state index in [1.165, 1.54) is 16.8 Å². The van der Waals surface area contributed by atoms with E-state index in [-0.39, 0.29) is 11.4 Å². The third kappa shape index (κ3) is 3.79. The van der Waals surface area contributed by atoms with Crippen LogP contribution in [0.4, 0.5) is 5.69 Å². The maximum Gasteiger partial charge on any atom is 0.313 e. The summed E-state index contributed by atoms with van der Waals surface area (Å²) in [5.74, 6) is -0.789. The SMILES string of the molecule is Cn1nc(-c2cc(Br)cc([N+](=O)[O-])c2)nc1SCC(=O)O. The number of carboxylic acids is 1. The van der Waals surface area contributed by atoms with E-state index in [0.717, 1.165) is 11.8 Å². The van der Waals surface area contributed by atoms with Crippen molar-refractivity contribution in [2.75, 3.05) is 5.75 Å². The van der Waals surface area contributed by atoms with Crippen molar-refractivity contribution in [3.8, 4) is 11.4 Å². The molecule has 0 saturated carbocycles. The summed E-state index contributed by atoms with van der Waals surface area (Å²) in [4.78, 5) is 25.1. The molecule has 0 radical (unpaired) electrons. The van der Waals surface area contributed by atoms with Crippen molar-refractivity contribution < 1.29 is 14.8 Å². The summed E-state index contributed by atoms with van der Waals surface area (Å²) in [6.07, 6.45) is 0. The van der Waals surface area contributed by atoms with Crippen LogP contribution >= 0.6 is 27.7 Å². The van der Waals surface area contributed by atoms with E-state index >= 15 is 0 Å². The molecule has 1 aromatic heterocycles. The lowest BCUT2D eigenvalue weighted by molar-refractivity contribution is -0.384. The fraction of sp³-hybridized carbons (Fsp3) is 0.182. The minimum atomic E-state index is -0.956. The molecule has 1 heterocycles. The molecule has 10 heteroatoms. The Labute approximate surface area is 131 Å². The molecule has 2 rings (SSSR count). The van der Waals surface area contributed by atoms with E-state index in [1.54, 1.807) is 13.1 Å². The largest absolute Gasteiger partial charge is 0.481 e. The van der Waals surface area contributed by atoms with Crippen molar-refractivity contribution in [1.29, 1.82) is 0 Å². The average Bonchev–Trinajstić information content (AvgIpc) is 2.77. The van der Waals surface area contributed by atoms with Crippen molar-refractivity contribution in [3.63, 3.8) is 0 Å². The van der Waals surface area contributed by atoms with E-state index in [2.05, 4.69) is 26.0 Å². The zero-order chi connectivity index (χ0) is 15.6. The number of nitrogens with zero attached hydrogens (tertiary/aromatic N) is 4. The molecule has 21 heavy (non-hydrogen) atoms. The smallest absolute Gasteiger partial charge is 0.313 e. The fourth-order valence-electron chi connectivity index (χ4n) is 1.55. The number of carboxylic acid groups (broad SMARTS) is 1. The lowest BCUT2D eigenvalue weighted by Crippen LogP contribution is -2.00. The number of aryl methyl sites for hydroxylation is 1. The number of aliphatic carboxylic acids is 1. The number of benzene rings is 1. The number of hydrogen-bond acceptors (Lipinski definition) is 6. The minimum absolute atomic E-state index is 0.0773. The Morgan fingerprint density at radius 1 is 1.52 bits per heavy atom. The Hall–Kier alpha value is -1.94. The molecule has 0 atom stereocenters. The molecule has 1 N–H and O–H groups in total. The first kappa shape index (κ1) is 15.4. The lowest BCUT2D eigenvalue weighted by Gasteiger charge is -1.97. The van der Waals surface area contributed by atoms with Crippen molar-refractivity contribution in [1.82, 2.24) is 14.8 Å². The third-order valence-electron chi connectivity index (χ3n) is 2.40. The Kier molecular flexibility index (Phi) is 4.58. The number of aromatic nitrogens is 3. The van der Waals surface area contributed by atoms with Crippen molar-refractivity contribution in [3.05, 3.63) is 32.8 Å². The van der Waals surface area contributed by atoms with E-state index in [4.69, 9.17) is 5.11 Å². The maximum absolute atomic E-state index is 10.9. The second kappa shape index (κ2) is 6.22. The summed E-state index contributed by atoms with van der Waals surface area (Å²) < 4.78 is 1.98. The number of rotatable bonds is 5. The maximum atomic E-state index is 10.9. The summed E-state index contributed by atoms with van der Waals surface area (Å²) in [6.45, 7) is 0. The molecule has 0 bridgehead atoms. The van der Waals surface area contributed by atoms with Gasteiger partial charge >= 0.3 is 5.97 Å². The van der Waals surface area contributed by atoms with Crippen molar-refractivity contribution in [2.45, 2.75) is 5.16 Å². The van der Waals surface area contributed by atoms with Gasteiger partial charge in [-0.3, -0.25) is 14.9 Å². The molecule has 0 amide bonds. The number of thioether (sulfide) groups is 1. The number of hydrogen-bond donors (Lipinski definition) is 1. The van der Waals surface area contributed by atoms with Gasteiger partial charge in [0.15, 0.2) is 11.0 Å². The Morgan fingerprint density at radius 2 is 2.24 bits per heavy atom. The van der Waals surface area contributed by atoms with Gasteiger partial charge in [0.25, 0.3) is 5.69 Å². The average molecular weight is 373 g/mol. The van der Waals surface area contributed by atoms with Crippen LogP contribution < -0.4 is 0 Å². The molecule has 0 spiro atoms. The molecule has 1 aromatic carbocycles. The topological polar surface area (TPSA) is 111 Å².